The van der Waals surface area contributed by atoms with E-state index in [2.05, 4.69) is 0 Å². The minimum atomic E-state index is -0.595. The van der Waals surface area contributed by atoms with E-state index >= 15 is 0 Å². The van der Waals surface area contributed by atoms with Gasteiger partial charge in [-0.25, -0.2) is 0 Å². The first-order valence-corrected chi connectivity index (χ1v) is 6.87. The van der Waals surface area contributed by atoms with Gasteiger partial charge >= 0.3 is 0 Å². The van der Waals surface area contributed by atoms with Crippen LogP contribution >= 0.6 is 34.5 Å². The maximum absolute atomic E-state index is 10.1. The molecule has 17 heavy (non-hydrogen) atoms. The second-order valence-corrected chi connectivity index (χ2v) is 5.71. The van der Waals surface area contributed by atoms with Crippen LogP contribution in [-0.4, -0.2) is 5.11 Å². The molecule has 0 saturated heterocycles. The van der Waals surface area contributed by atoms with Crippen LogP contribution in [0.3, 0.4) is 0 Å². The predicted molar refractivity (Wildman–Crippen MR) is 74.2 cm³/mol. The van der Waals surface area contributed by atoms with Gasteiger partial charge in [0.15, 0.2) is 0 Å². The molecule has 0 bridgehead atoms. The Labute approximate surface area is 115 Å². The lowest BCUT2D eigenvalue weighted by Crippen LogP contribution is -2.01. The van der Waals surface area contributed by atoms with Crippen LogP contribution in [0.25, 0.3) is 0 Å². The number of aryl methyl sites for hydroxylation is 1. The van der Waals surface area contributed by atoms with Crippen molar-refractivity contribution in [2.75, 3.05) is 0 Å². The molecule has 0 spiro atoms. The van der Waals surface area contributed by atoms with Crippen molar-refractivity contribution in [3.8, 4) is 0 Å². The number of hydrogen-bond donors (Lipinski definition) is 1. The molecule has 0 saturated carbocycles. The summed E-state index contributed by atoms with van der Waals surface area (Å²) in [5, 5.41) is 13.3. The van der Waals surface area contributed by atoms with E-state index in [1.807, 2.05) is 30.5 Å². The molecule has 1 heterocycles. The van der Waals surface area contributed by atoms with Crippen LogP contribution < -0.4 is 0 Å². The lowest BCUT2D eigenvalue weighted by atomic mass is 10.1. The summed E-state index contributed by atoms with van der Waals surface area (Å²) in [5.41, 5.74) is 2.05. The molecule has 1 N–H and O–H groups in total. The molecule has 1 aromatic heterocycles. The molecule has 2 aromatic rings. The molecule has 0 fully saturated rings. The number of benzene rings is 1. The Bertz CT molecular complexity index is 522. The summed E-state index contributed by atoms with van der Waals surface area (Å²) in [6.07, 6.45) is -0.109. The molecular formula is C13H12Cl2OS. The van der Waals surface area contributed by atoms with Crippen LogP contribution in [-0.2, 0) is 6.42 Å². The number of hydrogen-bond acceptors (Lipinski definition) is 2. The van der Waals surface area contributed by atoms with Gasteiger partial charge in [-0.3, -0.25) is 0 Å². The highest BCUT2D eigenvalue weighted by Gasteiger charge is 2.15. The molecule has 0 aliphatic carbocycles. The zero-order valence-electron chi connectivity index (χ0n) is 9.28. The summed E-state index contributed by atoms with van der Waals surface area (Å²) in [7, 11) is 0. The van der Waals surface area contributed by atoms with E-state index in [-0.39, 0.29) is 0 Å². The second-order valence-electron chi connectivity index (χ2n) is 3.95. The molecular weight excluding hydrogens is 275 g/mol. The fourth-order valence-corrected chi connectivity index (χ4v) is 3.14. The van der Waals surface area contributed by atoms with E-state index < -0.39 is 6.10 Å². The van der Waals surface area contributed by atoms with Crippen LogP contribution in [0.4, 0.5) is 0 Å². The van der Waals surface area contributed by atoms with Crippen molar-refractivity contribution in [3.05, 3.63) is 55.7 Å². The van der Waals surface area contributed by atoms with Gasteiger partial charge in [0.25, 0.3) is 0 Å². The van der Waals surface area contributed by atoms with Gasteiger partial charge in [0.05, 0.1) is 16.0 Å². The summed E-state index contributed by atoms with van der Waals surface area (Å²) in [5.74, 6) is 0. The van der Waals surface area contributed by atoms with E-state index in [1.54, 1.807) is 6.07 Å². The summed E-state index contributed by atoms with van der Waals surface area (Å²) in [4.78, 5) is 0.795. The zero-order valence-corrected chi connectivity index (χ0v) is 11.6. The van der Waals surface area contributed by atoms with E-state index in [1.165, 1.54) is 11.3 Å². The van der Waals surface area contributed by atoms with Crippen molar-refractivity contribution < 1.29 is 5.11 Å². The van der Waals surface area contributed by atoms with Crippen molar-refractivity contribution in [1.82, 2.24) is 0 Å². The fraction of sp³-hybridized carbons (Fsp3) is 0.231. The van der Waals surface area contributed by atoms with Crippen molar-refractivity contribution in [2.45, 2.75) is 19.4 Å². The lowest BCUT2D eigenvalue weighted by Gasteiger charge is -2.11. The maximum atomic E-state index is 10.1. The van der Waals surface area contributed by atoms with Gasteiger partial charge in [0.2, 0.25) is 0 Å². The van der Waals surface area contributed by atoms with Crippen molar-refractivity contribution in [3.63, 3.8) is 0 Å². The number of halogens is 2. The summed E-state index contributed by atoms with van der Waals surface area (Å²) in [6.45, 7) is 1.99. The highest BCUT2D eigenvalue weighted by atomic mass is 35.5. The van der Waals surface area contributed by atoms with Gasteiger partial charge in [0, 0.05) is 11.4 Å². The largest absolute Gasteiger partial charge is 0.387 e. The van der Waals surface area contributed by atoms with Crippen molar-refractivity contribution in [1.29, 1.82) is 0 Å². The quantitative estimate of drug-likeness (QED) is 0.872. The van der Waals surface area contributed by atoms with E-state index in [4.69, 9.17) is 23.2 Å². The Morgan fingerprint density at radius 3 is 2.59 bits per heavy atom. The Kier molecular flexibility index (Phi) is 4.10. The maximum Gasteiger partial charge on any atom is 0.0937 e. The minimum absolute atomic E-state index is 0.485. The Morgan fingerprint density at radius 1 is 1.24 bits per heavy atom. The molecule has 1 unspecified atom stereocenters. The summed E-state index contributed by atoms with van der Waals surface area (Å²) in [6, 6.07) is 7.63. The third-order valence-electron chi connectivity index (χ3n) is 2.57. The van der Waals surface area contributed by atoms with Crippen LogP contribution in [0.15, 0.2) is 29.6 Å². The Balaban J connectivity index is 2.19. The monoisotopic (exact) mass is 286 g/mol. The van der Waals surface area contributed by atoms with Crippen LogP contribution in [0, 0.1) is 6.92 Å². The fourth-order valence-electron chi connectivity index (χ4n) is 1.66. The van der Waals surface area contributed by atoms with E-state index in [0.29, 0.717) is 16.5 Å². The predicted octanol–water partition coefficient (Wildman–Crippen LogP) is 4.64. The van der Waals surface area contributed by atoms with Gasteiger partial charge in [-0.2, -0.15) is 0 Å². The molecule has 1 atom stereocenters. The standard InChI is InChI=1S/C13H12Cl2OS/c1-8-2-3-9(11(15)6-8)7-12(16)13-10(14)4-5-17-13/h2-6,12,16H,7H2,1H3. The Hall–Kier alpha value is -0.540. The zero-order chi connectivity index (χ0) is 12.4. The van der Waals surface area contributed by atoms with Crippen LogP contribution in [0.5, 0.6) is 0 Å². The smallest absolute Gasteiger partial charge is 0.0937 e. The molecule has 90 valence electrons. The van der Waals surface area contributed by atoms with E-state index in [0.717, 1.165) is 16.0 Å². The van der Waals surface area contributed by atoms with Gasteiger partial charge in [-0.15, -0.1) is 11.3 Å². The molecule has 0 radical (unpaired) electrons. The van der Waals surface area contributed by atoms with Gasteiger partial charge < -0.3 is 5.11 Å². The first-order chi connectivity index (χ1) is 8.08. The average molecular weight is 287 g/mol. The van der Waals surface area contributed by atoms with Crippen LogP contribution in [0.2, 0.25) is 10.0 Å². The Morgan fingerprint density at radius 2 is 2.00 bits per heavy atom. The van der Waals surface area contributed by atoms with Crippen LogP contribution in [0.1, 0.15) is 22.1 Å². The van der Waals surface area contributed by atoms with Crippen molar-refractivity contribution in [2.24, 2.45) is 0 Å². The molecule has 4 heteroatoms. The summed E-state index contributed by atoms with van der Waals surface area (Å²) >= 11 is 13.6. The topological polar surface area (TPSA) is 20.2 Å². The highest BCUT2D eigenvalue weighted by molar-refractivity contribution is 7.10. The first-order valence-electron chi connectivity index (χ1n) is 5.24. The van der Waals surface area contributed by atoms with Gasteiger partial charge in [-0.1, -0.05) is 35.3 Å². The third kappa shape index (κ3) is 3.02. The normalized spacial score (nSPS) is 12.7. The highest BCUT2D eigenvalue weighted by Crippen LogP contribution is 2.32. The average Bonchev–Trinajstić information content (AvgIpc) is 2.68. The molecule has 0 aliphatic rings. The second kappa shape index (κ2) is 5.40. The SMILES string of the molecule is Cc1ccc(CC(O)c2sccc2Cl)c(Cl)c1. The molecule has 1 nitrogen and oxygen atoms in total. The third-order valence-corrected chi connectivity index (χ3v) is 4.38. The van der Waals surface area contributed by atoms with Gasteiger partial charge in [0.1, 0.15) is 0 Å². The molecule has 0 amide bonds. The number of thiophene rings is 1. The molecule has 1 aromatic carbocycles. The summed E-state index contributed by atoms with van der Waals surface area (Å²) < 4.78 is 0. The minimum Gasteiger partial charge on any atom is -0.387 e. The molecule has 2 rings (SSSR count). The number of aliphatic hydroxyl groups excluding tert-OH is 1. The number of rotatable bonds is 3. The molecule has 0 aliphatic heterocycles. The van der Waals surface area contributed by atoms with E-state index in [9.17, 15) is 5.11 Å². The number of aliphatic hydroxyl groups is 1. The van der Waals surface area contributed by atoms with Gasteiger partial charge in [-0.05, 0) is 35.6 Å². The lowest BCUT2D eigenvalue weighted by molar-refractivity contribution is 0.182. The van der Waals surface area contributed by atoms with Crippen molar-refractivity contribution >= 4 is 34.5 Å². The first kappa shape index (κ1) is 12.9.